The second-order valence-corrected chi connectivity index (χ2v) is 7.07. The van der Waals surface area contributed by atoms with Crippen LogP contribution in [-0.4, -0.2) is 43.4 Å². The fourth-order valence-corrected chi connectivity index (χ4v) is 4.79. The topological polar surface area (TPSA) is 58.4 Å². The normalized spacial score (nSPS) is 12.0. The highest BCUT2D eigenvalue weighted by molar-refractivity contribution is 6.60. The van der Waals surface area contributed by atoms with E-state index in [0.29, 0.717) is 19.8 Å². The van der Waals surface area contributed by atoms with Crippen LogP contribution in [0.3, 0.4) is 0 Å². The van der Waals surface area contributed by atoms with Gasteiger partial charge in [0, 0.05) is 38.8 Å². The Hall–Kier alpha value is -0.763. The smallest absolute Gasteiger partial charge is 0.374 e. The molecule has 0 atom stereocenters. The average Bonchev–Trinajstić information content (AvgIpc) is 2.87. The summed E-state index contributed by atoms with van der Waals surface area (Å²) in [6.45, 7) is 10.7. The van der Waals surface area contributed by atoms with Crippen LogP contribution in [0.5, 0.6) is 0 Å². The first-order valence-electron chi connectivity index (χ1n) is 7.49. The molecular formula is C13H27N3O3Si. The molecule has 1 aromatic rings. The van der Waals surface area contributed by atoms with Crippen LogP contribution in [0.4, 0.5) is 0 Å². The van der Waals surface area contributed by atoms with Crippen LogP contribution in [0, 0.1) is 0 Å². The lowest BCUT2D eigenvalue weighted by molar-refractivity contribution is 0.0704. The number of hydrogen-bond donors (Lipinski definition) is 0. The quantitative estimate of drug-likeness (QED) is 0.587. The molecule has 7 heteroatoms. The van der Waals surface area contributed by atoms with E-state index in [2.05, 4.69) is 17.0 Å². The average molecular weight is 301 g/mol. The fraction of sp³-hybridized carbons (Fsp3) is 0.846. The standard InChI is InChI=1S/C13H27N3O3Si/c1-5-13-14-12-15-16(13)10-9-11-20(17-6-2,18-7-3)19-8-4/h12H,5-11H2,1-4H3. The molecule has 116 valence electrons. The van der Waals surface area contributed by atoms with E-state index in [9.17, 15) is 0 Å². The van der Waals surface area contributed by atoms with Gasteiger partial charge in [-0.05, 0) is 27.2 Å². The van der Waals surface area contributed by atoms with Crippen molar-refractivity contribution in [3.05, 3.63) is 12.2 Å². The molecule has 1 heterocycles. The van der Waals surface area contributed by atoms with Crippen molar-refractivity contribution in [1.82, 2.24) is 14.8 Å². The molecule has 0 aliphatic rings. The summed E-state index contributed by atoms with van der Waals surface area (Å²) >= 11 is 0. The maximum absolute atomic E-state index is 5.84. The molecule has 0 aliphatic heterocycles. The molecule has 0 spiro atoms. The van der Waals surface area contributed by atoms with Crippen LogP contribution in [0.2, 0.25) is 6.04 Å². The first-order valence-corrected chi connectivity index (χ1v) is 9.43. The number of rotatable bonds is 11. The van der Waals surface area contributed by atoms with Gasteiger partial charge in [-0.1, -0.05) is 6.92 Å². The lowest BCUT2D eigenvalue weighted by Crippen LogP contribution is -2.46. The van der Waals surface area contributed by atoms with Gasteiger partial charge in [-0.15, -0.1) is 0 Å². The molecule has 0 amide bonds. The Morgan fingerprint density at radius 1 is 1.05 bits per heavy atom. The minimum atomic E-state index is -2.52. The number of hydrogen-bond acceptors (Lipinski definition) is 5. The summed E-state index contributed by atoms with van der Waals surface area (Å²) in [6.07, 6.45) is 3.42. The van der Waals surface area contributed by atoms with Crippen molar-refractivity contribution in [3.8, 4) is 0 Å². The molecule has 1 rings (SSSR count). The minimum Gasteiger partial charge on any atom is -0.374 e. The number of aromatic nitrogens is 3. The summed E-state index contributed by atoms with van der Waals surface area (Å²) < 4.78 is 19.5. The molecule has 0 bridgehead atoms. The third kappa shape index (κ3) is 4.97. The van der Waals surface area contributed by atoms with Crippen molar-refractivity contribution >= 4 is 8.80 Å². The van der Waals surface area contributed by atoms with E-state index in [-0.39, 0.29) is 0 Å². The molecular weight excluding hydrogens is 274 g/mol. The Balaban J connectivity index is 2.56. The fourth-order valence-electron chi connectivity index (χ4n) is 2.20. The summed E-state index contributed by atoms with van der Waals surface area (Å²) in [5, 5.41) is 4.24. The van der Waals surface area contributed by atoms with Gasteiger partial charge in [0.2, 0.25) is 0 Å². The predicted octanol–water partition coefficient (Wildman–Crippen LogP) is 2.28. The van der Waals surface area contributed by atoms with Crippen molar-refractivity contribution in [3.63, 3.8) is 0 Å². The molecule has 1 aromatic heterocycles. The van der Waals surface area contributed by atoms with Gasteiger partial charge in [-0.25, -0.2) is 4.98 Å². The first kappa shape index (κ1) is 17.3. The minimum absolute atomic E-state index is 0.621. The van der Waals surface area contributed by atoms with Crippen LogP contribution in [-0.2, 0) is 26.2 Å². The maximum atomic E-state index is 5.84. The summed E-state index contributed by atoms with van der Waals surface area (Å²) in [5.41, 5.74) is 0. The molecule has 6 nitrogen and oxygen atoms in total. The monoisotopic (exact) mass is 301 g/mol. The van der Waals surface area contributed by atoms with Gasteiger partial charge in [-0.3, -0.25) is 4.68 Å². The highest BCUT2D eigenvalue weighted by Gasteiger charge is 2.39. The lowest BCUT2D eigenvalue weighted by atomic mass is 10.4. The van der Waals surface area contributed by atoms with Gasteiger partial charge in [0.05, 0.1) is 0 Å². The Morgan fingerprint density at radius 2 is 1.65 bits per heavy atom. The van der Waals surface area contributed by atoms with E-state index in [1.165, 1.54) is 0 Å². The van der Waals surface area contributed by atoms with Crippen LogP contribution in [0.15, 0.2) is 6.33 Å². The van der Waals surface area contributed by atoms with E-state index in [4.69, 9.17) is 13.3 Å². The molecule has 0 N–H and O–H groups in total. The molecule has 0 saturated carbocycles. The van der Waals surface area contributed by atoms with E-state index in [1.54, 1.807) is 6.33 Å². The molecule has 0 unspecified atom stereocenters. The number of nitrogens with zero attached hydrogens (tertiary/aromatic N) is 3. The number of aryl methyl sites for hydroxylation is 2. The summed E-state index contributed by atoms with van der Waals surface area (Å²) in [5.74, 6) is 1.02. The molecule has 20 heavy (non-hydrogen) atoms. The van der Waals surface area contributed by atoms with Gasteiger partial charge < -0.3 is 13.3 Å². The van der Waals surface area contributed by atoms with Crippen LogP contribution >= 0.6 is 0 Å². The van der Waals surface area contributed by atoms with E-state index in [1.807, 2.05) is 25.5 Å². The SMILES string of the molecule is CCO[Si](CCCn1ncnc1CC)(OCC)OCC. The van der Waals surface area contributed by atoms with Gasteiger partial charge in [0.25, 0.3) is 0 Å². The Labute approximate surface area is 122 Å². The van der Waals surface area contributed by atoms with Crippen LogP contribution in [0.25, 0.3) is 0 Å². The van der Waals surface area contributed by atoms with E-state index >= 15 is 0 Å². The summed E-state index contributed by atoms with van der Waals surface area (Å²) in [6, 6.07) is 0.811. The highest BCUT2D eigenvalue weighted by Crippen LogP contribution is 2.18. The highest BCUT2D eigenvalue weighted by atomic mass is 28.4. The summed E-state index contributed by atoms with van der Waals surface area (Å²) in [7, 11) is -2.52. The molecule has 0 radical (unpaired) electrons. The van der Waals surface area contributed by atoms with Crippen molar-refractivity contribution in [2.75, 3.05) is 19.8 Å². The van der Waals surface area contributed by atoms with Crippen molar-refractivity contribution in [2.45, 2.75) is 53.1 Å². The molecule has 0 aromatic carbocycles. The second kappa shape index (κ2) is 9.22. The van der Waals surface area contributed by atoms with E-state index < -0.39 is 8.80 Å². The molecule has 0 aliphatic carbocycles. The Bertz CT molecular complexity index is 356. The van der Waals surface area contributed by atoms with Gasteiger partial charge in [0.15, 0.2) is 0 Å². The largest absolute Gasteiger partial charge is 0.500 e. The van der Waals surface area contributed by atoms with Crippen LogP contribution < -0.4 is 0 Å². The zero-order chi connectivity index (χ0) is 14.8. The molecule has 0 saturated heterocycles. The van der Waals surface area contributed by atoms with Gasteiger partial charge in [0.1, 0.15) is 12.2 Å². The Kier molecular flexibility index (Phi) is 7.97. The van der Waals surface area contributed by atoms with Crippen molar-refractivity contribution in [1.29, 1.82) is 0 Å². The molecule has 0 fully saturated rings. The predicted molar refractivity (Wildman–Crippen MR) is 79.5 cm³/mol. The maximum Gasteiger partial charge on any atom is 0.500 e. The van der Waals surface area contributed by atoms with Gasteiger partial charge in [-0.2, -0.15) is 5.10 Å². The third-order valence-corrected chi connectivity index (χ3v) is 6.11. The second-order valence-electron chi connectivity index (χ2n) is 4.34. The lowest BCUT2D eigenvalue weighted by Gasteiger charge is -2.28. The van der Waals surface area contributed by atoms with Crippen molar-refractivity contribution in [2.24, 2.45) is 0 Å². The zero-order valence-corrected chi connectivity index (χ0v) is 14.1. The van der Waals surface area contributed by atoms with Gasteiger partial charge >= 0.3 is 8.80 Å². The zero-order valence-electron chi connectivity index (χ0n) is 13.1. The Morgan fingerprint density at radius 3 is 2.15 bits per heavy atom. The third-order valence-electron chi connectivity index (χ3n) is 2.96. The first-order chi connectivity index (χ1) is 9.71. The van der Waals surface area contributed by atoms with Crippen LogP contribution in [0.1, 0.15) is 39.9 Å². The van der Waals surface area contributed by atoms with Crippen molar-refractivity contribution < 1.29 is 13.3 Å². The van der Waals surface area contributed by atoms with E-state index in [0.717, 1.165) is 31.3 Å². The summed E-state index contributed by atoms with van der Waals surface area (Å²) in [4.78, 5) is 4.23.